The highest BCUT2D eigenvalue weighted by Crippen LogP contribution is 2.20. The van der Waals surface area contributed by atoms with Gasteiger partial charge in [-0.15, -0.1) is 0 Å². The maximum absolute atomic E-state index is 12.7. The topological polar surface area (TPSA) is 90.2 Å². The van der Waals surface area contributed by atoms with Crippen LogP contribution in [0, 0.1) is 13.8 Å². The SMILES string of the molecule is Cc1ccc(C)c(NC(=O)CS(=O)(=O)c2ccc3c(c2)n(C)c(=O)n3C)c1. The zero-order chi connectivity index (χ0) is 19.9. The highest BCUT2D eigenvalue weighted by atomic mass is 32.2. The number of amides is 1. The molecule has 8 heteroatoms. The largest absolute Gasteiger partial charge is 0.328 e. The van der Waals surface area contributed by atoms with Crippen molar-refractivity contribution < 1.29 is 13.2 Å². The number of fused-ring (bicyclic) bond motifs is 1. The van der Waals surface area contributed by atoms with Crippen LogP contribution < -0.4 is 11.0 Å². The standard InChI is InChI=1S/C19H21N3O4S/c1-12-5-6-13(2)15(9-12)20-18(23)11-27(25,26)14-7-8-16-17(10-14)22(4)19(24)21(16)3/h5-10H,11H2,1-4H3,(H,20,23). The Morgan fingerprint density at radius 2 is 1.67 bits per heavy atom. The second kappa shape index (κ2) is 6.70. The van der Waals surface area contributed by atoms with E-state index in [0.29, 0.717) is 16.7 Å². The van der Waals surface area contributed by atoms with Gasteiger partial charge in [-0.05, 0) is 49.2 Å². The molecule has 0 atom stereocenters. The van der Waals surface area contributed by atoms with Crippen LogP contribution >= 0.6 is 0 Å². The molecule has 1 N–H and O–H groups in total. The Labute approximate surface area is 157 Å². The maximum atomic E-state index is 12.7. The third kappa shape index (κ3) is 3.52. The first kappa shape index (κ1) is 18.9. The number of anilines is 1. The third-order valence-corrected chi connectivity index (χ3v) is 6.21. The number of hydrogen-bond donors (Lipinski definition) is 1. The first-order chi connectivity index (χ1) is 12.6. The van der Waals surface area contributed by atoms with E-state index in [0.717, 1.165) is 11.1 Å². The van der Waals surface area contributed by atoms with Crippen molar-refractivity contribution in [3.8, 4) is 0 Å². The van der Waals surface area contributed by atoms with Gasteiger partial charge in [-0.1, -0.05) is 12.1 Å². The van der Waals surface area contributed by atoms with Crippen LogP contribution in [0.5, 0.6) is 0 Å². The van der Waals surface area contributed by atoms with Gasteiger partial charge in [0, 0.05) is 19.8 Å². The van der Waals surface area contributed by atoms with Gasteiger partial charge in [0.05, 0.1) is 15.9 Å². The summed E-state index contributed by atoms with van der Waals surface area (Å²) in [7, 11) is -0.652. The van der Waals surface area contributed by atoms with Crippen molar-refractivity contribution in [3.05, 3.63) is 58.0 Å². The minimum Gasteiger partial charge on any atom is -0.325 e. The number of carbonyl (C=O) groups excluding carboxylic acids is 1. The smallest absolute Gasteiger partial charge is 0.325 e. The van der Waals surface area contributed by atoms with Gasteiger partial charge in [0.25, 0.3) is 0 Å². The van der Waals surface area contributed by atoms with Gasteiger partial charge in [0.1, 0.15) is 5.75 Å². The molecule has 0 aliphatic carbocycles. The molecule has 0 saturated carbocycles. The van der Waals surface area contributed by atoms with Crippen molar-refractivity contribution in [2.75, 3.05) is 11.1 Å². The molecule has 1 heterocycles. The summed E-state index contributed by atoms with van der Waals surface area (Å²) in [5, 5.41) is 2.66. The molecule has 7 nitrogen and oxygen atoms in total. The lowest BCUT2D eigenvalue weighted by Crippen LogP contribution is -2.23. The molecule has 142 valence electrons. The first-order valence-electron chi connectivity index (χ1n) is 8.35. The fourth-order valence-corrected chi connectivity index (χ4v) is 4.14. The lowest BCUT2D eigenvalue weighted by atomic mass is 10.1. The summed E-state index contributed by atoms with van der Waals surface area (Å²) in [5.74, 6) is -1.28. The van der Waals surface area contributed by atoms with Crippen LogP contribution in [0.25, 0.3) is 11.0 Å². The van der Waals surface area contributed by atoms with Gasteiger partial charge >= 0.3 is 5.69 Å². The van der Waals surface area contributed by atoms with Crippen molar-refractivity contribution >= 4 is 32.5 Å². The summed E-state index contributed by atoms with van der Waals surface area (Å²) in [6, 6.07) is 10.0. The number of imidazole rings is 1. The van der Waals surface area contributed by atoms with E-state index < -0.39 is 21.5 Å². The van der Waals surface area contributed by atoms with Crippen molar-refractivity contribution in [1.82, 2.24) is 9.13 Å². The van der Waals surface area contributed by atoms with E-state index in [1.807, 2.05) is 26.0 Å². The van der Waals surface area contributed by atoms with E-state index in [4.69, 9.17) is 0 Å². The van der Waals surface area contributed by atoms with Crippen LogP contribution in [0.15, 0.2) is 46.1 Å². The number of carbonyl (C=O) groups is 1. The summed E-state index contributed by atoms with van der Waals surface area (Å²) < 4.78 is 28.2. The van der Waals surface area contributed by atoms with E-state index in [1.165, 1.54) is 21.3 Å². The monoisotopic (exact) mass is 387 g/mol. The van der Waals surface area contributed by atoms with Gasteiger partial charge in [0.2, 0.25) is 5.91 Å². The minimum absolute atomic E-state index is 0.00677. The molecule has 0 aliphatic rings. The summed E-state index contributed by atoms with van der Waals surface area (Å²) in [4.78, 5) is 24.3. The molecule has 2 aromatic carbocycles. The van der Waals surface area contributed by atoms with Gasteiger partial charge in [0.15, 0.2) is 9.84 Å². The third-order valence-electron chi connectivity index (χ3n) is 4.59. The van der Waals surface area contributed by atoms with Crippen molar-refractivity contribution in [3.63, 3.8) is 0 Å². The molecule has 0 saturated heterocycles. The zero-order valence-corrected chi connectivity index (χ0v) is 16.4. The maximum Gasteiger partial charge on any atom is 0.328 e. The second-order valence-corrected chi connectivity index (χ2v) is 8.67. The highest BCUT2D eigenvalue weighted by Gasteiger charge is 2.21. The average molecular weight is 387 g/mol. The molecule has 3 rings (SSSR count). The van der Waals surface area contributed by atoms with E-state index in [-0.39, 0.29) is 10.6 Å². The number of nitrogens with zero attached hydrogens (tertiary/aromatic N) is 2. The van der Waals surface area contributed by atoms with Gasteiger partial charge in [-0.3, -0.25) is 13.9 Å². The molecular formula is C19H21N3O4S. The number of rotatable bonds is 4. The van der Waals surface area contributed by atoms with Crippen LogP contribution in [-0.4, -0.2) is 29.2 Å². The fourth-order valence-electron chi connectivity index (χ4n) is 2.99. The first-order valence-corrected chi connectivity index (χ1v) is 10.0. The quantitative estimate of drug-likeness (QED) is 0.740. The minimum atomic E-state index is -3.85. The van der Waals surface area contributed by atoms with Crippen LogP contribution in [0.3, 0.4) is 0 Å². The Morgan fingerprint density at radius 3 is 2.37 bits per heavy atom. The molecule has 0 unspecified atom stereocenters. The number of aromatic nitrogens is 2. The van der Waals surface area contributed by atoms with Gasteiger partial charge in [-0.2, -0.15) is 0 Å². The molecule has 0 fully saturated rings. The summed E-state index contributed by atoms with van der Waals surface area (Å²) in [6.45, 7) is 3.73. The predicted molar refractivity (Wildman–Crippen MR) is 105 cm³/mol. The molecule has 1 amide bonds. The highest BCUT2D eigenvalue weighted by molar-refractivity contribution is 7.92. The predicted octanol–water partition coefficient (Wildman–Crippen LogP) is 1.91. The lowest BCUT2D eigenvalue weighted by molar-refractivity contribution is -0.113. The van der Waals surface area contributed by atoms with Gasteiger partial charge in [-0.25, -0.2) is 13.2 Å². The van der Waals surface area contributed by atoms with E-state index in [9.17, 15) is 18.0 Å². The summed E-state index contributed by atoms with van der Waals surface area (Å²) in [5.41, 5.74) is 3.30. The van der Waals surface area contributed by atoms with Crippen LogP contribution in [-0.2, 0) is 28.7 Å². The number of nitrogens with one attached hydrogen (secondary N) is 1. The number of aryl methyl sites for hydroxylation is 4. The molecule has 0 bridgehead atoms. The summed E-state index contributed by atoms with van der Waals surface area (Å²) >= 11 is 0. The molecule has 3 aromatic rings. The summed E-state index contributed by atoms with van der Waals surface area (Å²) in [6.07, 6.45) is 0. The molecule has 27 heavy (non-hydrogen) atoms. The van der Waals surface area contributed by atoms with Crippen molar-refractivity contribution in [2.45, 2.75) is 18.7 Å². The molecule has 0 aliphatic heterocycles. The Bertz CT molecular complexity index is 1220. The Kier molecular flexibility index (Phi) is 4.69. The zero-order valence-electron chi connectivity index (χ0n) is 15.6. The van der Waals surface area contributed by atoms with Crippen LogP contribution in [0.4, 0.5) is 5.69 Å². The van der Waals surface area contributed by atoms with Crippen LogP contribution in [0.2, 0.25) is 0 Å². The van der Waals surface area contributed by atoms with Crippen molar-refractivity contribution in [1.29, 1.82) is 0 Å². The molecule has 1 aromatic heterocycles. The molecule has 0 spiro atoms. The van der Waals surface area contributed by atoms with E-state index in [1.54, 1.807) is 26.2 Å². The normalized spacial score (nSPS) is 11.7. The Hall–Kier alpha value is -2.87. The number of hydrogen-bond acceptors (Lipinski definition) is 4. The Balaban J connectivity index is 1.89. The van der Waals surface area contributed by atoms with Gasteiger partial charge < -0.3 is 5.32 Å². The molecule has 0 radical (unpaired) electrons. The average Bonchev–Trinajstić information content (AvgIpc) is 2.82. The number of sulfone groups is 1. The fraction of sp³-hybridized carbons (Fsp3) is 0.263. The lowest BCUT2D eigenvalue weighted by Gasteiger charge is -2.10. The Morgan fingerprint density at radius 1 is 1.00 bits per heavy atom. The van der Waals surface area contributed by atoms with E-state index in [2.05, 4.69) is 5.32 Å². The van der Waals surface area contributed by atoms with Crippen LogP contribution in [0.1, 0.15) is 11.1 Å². The van der Waals surface area contributed by atoms with E-state index >= 15 is 0 Å². The van der Waals surface area contributed by atoms with Crippen molar-refractivity contribution in [2.24, 2.45) is 14.1 Å². The number of benzene rings is 2. The molecular weight excluding hydrogens is 366 g/mol. The second-order valence-electron chi connectivity index (χ2n) is 6.68.